The molecular weight excluding hydrogens is 554 g/mol. The van der Waals surface area contributed by atoms with Gasteiger partial charge in [0.1, 0.15) is 11.5 Å². The van der Waals surface area contributed by atoms with E-state index in [0.717, 1.165) is 17.0 Å². The van der Waals surface area contributed by atoms with Gasteiger partial charge in [0.05, 0.1) is 37.1 Å². The number of hydrogen-bond acceptors (Lipinski definition) is 8. The van der Waals surface area contributed by atoms with Crippen LogP contribution in [0, 0.1) is 6.92 Å². The van der Waals surface area contributed by atoms with Crippen LogP contribution in [0.2, 0.25) is 0 Å². The number of nitrogens with zero attached hydrogens (tertiary/aromatic N) is 3. The van der Waals surface area contributed by atoms with Gasteiger partial charge in [-0.25, -0.2) is 0 Å². The Morgan fingerprint density at radius 1 is 0.952 bits per heavy atom. The van der Waals surface area contributed by atoms with Crippen LogP contribution in [0.3, 0.4) is 0 Å². The molecular formula is C31H29N5O5S. The fourth-order valence-corrected chi connectivity index (χ4v) is 4.96. The maximum atomic E-state index is 13.1. The predicted octanol–water partition coefficient (Wildman–Crippen LogP) is 6.23. The van der Waals surface area contributed by atoms with E-state index in [2.05, 4.69) is 20.8 Å². The molecule has 0 saturated carbocycles. The maximum absolute atomic E-state index is 13.1. The van der Waals surface area contributed by atoms with Crippen LogP contribution >= 0.6 is 11.8 Å². The Balaban J connectivity index is 1.31. The molecule has 0 spiro atoms. The van der Waals surface area contributed by atoms with Gasteiger partial charge in [0.2, 0.25) is 11.7 Å². The highest BCUT2D eigenvalue weighted by atomic mass is 32.2. The molecule has 0 aliphatic rings. The highest BCUT2D eigenvalue weighted by molar-refractivity contribution is 7.99. The Bertz CT molecular complexity index is 1670. The smallest absolute Gasteiger partial charge is 0.255 e. The van der Waals surface area contributed by atoms with E-state index in [9.17, 15) is 9.59 Å². The largest absolute Gasteiger partial charge is 0.494 e. The van der Waals surface area contributed by atoms with Crippen LogP contribution in [0.1, 0.15) is 22.8 Å². The van der Waals surface area contributed by atoms with Gasteiger partial charge >= 0.3 is 0 Å². The number of benzene rings is 3. The van der Waals surface area contributed by atoms with E-state index in [0.29, 0.717) is 46.0 Å². The third-order valence-corrected chi connectivity index (χ3v) is 7.15. The molecule has 0 unspecified atom stereocenters. The van der Waals surface area contributed by atoms with Gasteiger partial charge in [-0.05, 0) is 74.0 Å². The van der Waals surface area contributed by atoms with Gasteiger partial charge in [-0.2, -0.15) is 0 Å². The Hall–Kier alpha value is -5.03. The van der Waals surface area contributed by atoms with E-state index >= 15 is 0 Å². The lowest BCUT2D eigenvalue weighted by atomic mass is 10.1. The number of aryl methyl sites for hydroxylation is 1. The number of hydrogen-bond donors (Lipinski definition) is 2. The molecule has 0 bridgehead atoms. The summed E-state index contributed by atoms with van der Waals surface area (Å²) in [6, 6.07) is 23.5. The molecule has 11 heteroatoms. The lowest BCUT2D eigenvalue weighted by molar-refractivity contribution is -0.113. The average molecular weight is 584 g/mol. The third kappa shape index (κ3) is 6.47. The van der Waals surface area contributed by atoms with Crippen LogP contribution < -0.4 is 20.1 Å². The summed E-state index contributed by atoms with van der Waals surface area (Å²) in [4.78, 5) is 25.7. The number of ether oxygens (including phenoxy) is 2. The summed E-state index contributed by atoms with van der Waals surface area (Å²) < 4.78 is 18.5. The van der Waals surface area contributed by atoms with Gasteiger partial charge in [0.25, 0.3) is 5.91 Å². The fraction of sp³-hybridized carbons (Fsp3) is 0.161. The molecule has 2 heterocycles. The zero-order chi connectivity index (χ0) is 29.5. The molecule has 0 aliphatic heterocycles. The molecule has 2 amide bonds. The first kappa shape index (κ1) is 28.5. The number of carbonyl (C=O) groups excluding carboxylic acids is 2. The molecule has 10 nitrogen and oxygen atoms in total. The van der Waals surface area contributed by atoms with Crippen molar-refractivity contribution in [2.45, 2.75) is 19.0 Å². The van der Waals surface area contributed by atoms with Crippen LogP contribution in [0.5, 0.6) is 11.5 Å². The quantitative estimate of drug-likeness (QED) is 0.176. The minimum absolute atomic E-state index is 0.0576. The number of aromatic nitrogens is 3. The van der Waals surface area contributed by atoms with Gasteiger partial charge in [-0.3, -0.25) is 14.2 Å². The van der Waals surface area contributed by atoms with Crippen molar-refractivity contribution < 1.29 is 23.5 Å². The van der Waals surface area contributed by atoms with Crippen LogP contribution in [0.4, 0.5) is 11.4 Å². The third-order valence-electron chi connectivity index (χ3n) is 6.22. The van der Waals surface area contributed by atoms with Crippen LogP contribution in [-0.4, -0.2) is 46.0 Å². The number of rotatable bonds is 11. The first-order valence-electron chi connectivity index (χ1n) is 13.2. The summed E-state index contributed by atoms with van der Waals surface area (Å²) in [5.41, 5.74) is 3.17. The summed E-state index contributed by atoms with van der Waals surface area (Å²) >= 11 is 1.24. The Kier molecular flexibility index (Phi) is 8.88. The minimum atomic E-state index is -0.264. The number of carbonyl (C=O) groups is 2. The SMILES string of the molecule is CCOc1ccc(-n2c(SCC(=O)Nc3cc(C)c(NC(=O)c4ccccc4)cc3OC)nnc2-c2ccco2)cc1. The summed E-state index contributed by atoms with van der Waals surface area (Å²) in [6.45, 7) is 4.34. The Morgan fingerprint density at radius 2 is 1.74 bits per heavy atom. The number of amides is 2. The van der Waals surface area contributed by atoms with Gasteiger partial charge < -0.3 is 24.5 Å². The van der Waals surface area contributed by atoms with Crippen LogP contribution in [0.15, 0.2) is 94.7 Å². The van der Waals surface area contributed by atoms with Crippen molar-refractivity contribution in [1.29, 1.82) is 0 Å². The average Bonchev–Trinajstić information content (AvgIpc) is 3.69. The number of methoxy groups -OCH3 is 1. The Morgan fingerprint density at radius 3 is 2.43 bits per heavy atom. The monoisotopic (exact) mass is 583 g/mol. The molecule has 214 valence electrons. The first-order valence-corrected chi connectivity index (χ1v) is 14.2. The van der Waals surface area contributed by atoms with Crippen molar-refractivity contribution in [3.63, 3.8) is 0 Å². The minimum Gasteiger partial charge on any atom is -0.494 e. The van der Waals surface area contributed by atoms with Gasteiger partial charge in [-0.15, -0.1) is 10.2 Å². The maximum Gasteiger partial charge on any atom is 0.255 e. The first-order chi connectivity index (χ1) is 20.5. The zero-order valence-corrected chi connectivity index (χ0v) is 24.1. The molecule has 2 aromatic heterocycles. The normalized spacial score (nSPS) is 10.7. The van der Waals surface area contributed by atoms with E-state index in [1.165, 1.54) is 18.9 Å². The second-order valence-electron chi connectivity index (χ2n) is 9.07. The van der Waals surface area contributed by atoms with E-state index in [-0.39, 0.29) is 17.6 Å². The highest BCUT2D eigenvalue weighted by Crippen LogP contribution is 2.33. The topological polar surface area (TPSA) is 121 Å². The highest BCUT2D eigenvalue weighted by Gasteiger charge is 2.20. The van der Waals surface area contributed by atoms with Crippen LogP contribution in [0.25, 0.3) is 17.3 Å². The van der Waals surface area contributed by atoms with E-state index in [4.69, 9.17) is 13.9 Å². The van der Waals surface area contributed by atoms with Gasteiger partial charge in [0.15, 0.2) is 10.9 Å². The van der Waals surface area contributed by atoms with Crippen molar-refractivity contribution in [3.8, 4) is 28.8 Å². The lowest BCUT2D eigenvalue weighted by Gasteiger charge is -2.15. The van der Waals surface area contributed by atoms with Crippen molar-refractivity contribution in [3.05, 3.63) is 96.3 Å². The molecule has 42 heavy (non-hydrogen) atoms. The number of nitrogens with one attached hydrogen (secondary N) is 2. The molecule has 0 aliphatic carbocycles. The van der Waals surface area contributed by atoms with E-state index in [1.807, 2.05) is 48.7 Å². The molecule has 0 fully saturated rings. The van der Waals surface area contributed by atoms with Crippen molar-refractivity contribution in [2.24, 2.45) is 0 Å². The second kappa shape index (κ2) is 13.1. The standard InChI is InChI=1S/C31H29N5O5S/c1-4-40-23-14-12-22(13-15-23)36-29(26-11-8-16-41-26)34-35-31(36)42-19-28(37)32-25-17-20(2)24(18-27(25)39-3)33-30(38)21-9-6-5-7-10-21/h5-18H,4,19H2,1-3H3,(H,32,37)(H,33,38). The molecule has 5 rings (SSSR count). The second-order valence-corrected chi connectivity index (χ2v) is 10.0. The summed E-state index contributed by atoms with van der Waals surface area (Å²) in [5, 5.41) is 15.0. The molecule has 0 radical (unpaired) electrons. The van der Waals surface area contributed by atoms with Crippen LogP contribution in [-0.2, 0) is 4.79 Å². The van der Waals surface area contributed by atoms with Gasteiger partial charge in [0, 0.05) is 17.3 Å². The predicted molar refractivity (Wildman–Crippen MR) is 162 cm³/mol. The summed E-state index contributed by atoms with van der Waals surface area (Å²) in [5.74, 6) is 1.78. The summed E-state index contributed by atoms with van der Waals surface area (Å²) in [6.07, 6.45) is 1.57. The fourth-order valence-electron chi connectivity index (χ4n) is 4.21. The molecule has 5 aromatic rings. The zero-order valence-electron chi connectivity index (χ0n) is 23.3. The van der Waals surface area contributed by atoms with Crippen molar-refractivity contribution in [2.75, 3.05) is 30.1 Å². The number of furan rings is 1. The lowest BCUT2D eigenvalue weighted by Crippen LogP contribution is -2.16. The number of anilines is 2. The number of thioether (sulfide) groups is 1. The van der Waals surface area contributed by atoms with E-state index in [1.54, 1.807) is 54.8 Å². The van der Waals surface area contributed by atoms with Crippen molar-refractivity contribution in [1.82, 2.24) is 14.8 Å². The molecule has 0 saturated heterocycles. The molecule has 2 N–H and O–H groups in total. The van der Waals surface area contributed by atoms with Gasteiger partial charge in [-0.1, -0.05) is 30.0 Å². The molecule has 0 atom stereocenters. The summed E-state index contributed by atoms with van der Waals surface area (Å²) in [7, 11) is 1.51. The van der Waals surface area contributed by atoms with Crippen molar-refractivity contribution >= 4 is 35.0 Å². The Labute approximate surface area is 247 Å². The molecule has 3 aromatic carbocycles. The van der Waals surface area contributed by atoms with E-state index < -0.39 is 0 Å².